The summed E-state index contributed by atoms with van der Waals surface area (Å²) in [5.41, 5.74) is 0.118. The second-order valence-electron chi connectivity index (χ2n) is 4.68. The first-order chi connectivity index (χ1) is 8.97. The van der Waals surface area contributed by atoms with Gasteiger partial charge < -0.3 is 9.88 Å². The number of imidazole rings is 1. The van der Waals surface area contributed by atoms with Crippen LogP contribution in [-0.2, 0) is 6.54 Å². The first-order valence-corrected chi connectivity index (χ1v) is 5.90. The second kappa shape index (κ2) is 5.34. The molecule has 0 bridgehead atoms. The minimum Gasteiger partial charge on any atom is -0.325 e. The lowest BCUT2D eigenvalue weighted by atomic mass is 10.2. The van der Waals surface area contributed by atoms with Crippen molar-refractivity contribution in [2.24, 2.45) is 5.92 Å². The van der Waals surface area contributed by atoms with E-state index in [-0.39, 0.29) is 5.69 Å². The highest BCUT2D eigenvalue weighted by atomic mass is 19.2. The number of nitrogens with zero attached hydrogens (tertiary/aromatic N) is 2. The lowest BCUT2D eigenvalue weighted by Gasteiger charge is -2.12. The van der Waals surface area contributed by atoms with Crippen LogP contribution in [0.1, 0.15) is 13.8 Å². The number of hydrogen-bond acceptors (Lipinski definition) is 2. The van der Waals surface area contributed by atoms with Gasteiger partial charge in [0, 0.05) is 36.8 Å². The molecule has 1 aromatic carbocycles. The van der Waals surface area contributed by atoms with Gasteiger partial charge in [-0.1, -0.05) is 13.8 Å². The van der Waals surface area contributed by atoms with Gasteiger partial charge >= 0.3 is 0 Å². The second-order valence-corrected chi connectivity index (χ2v) is 4.68. The van der Waals surface area contributed by atoms with Gasteiger partial charge in [-0.05, 0) is 5.92 Å². The Kier molecular flexibility index (Phi) is 3.78. The zero-order valence-corrected chi connectivity index (χ0v) is 10.6. The topological polar surface area (TPSA) is 29.9 Å². The molecule has 2 aromatic rings. The number of aromatic nitrogens is 2. The summed E-state index contributed by atoms with van der Waals surface area (Å²) in [6.07, 6.45) is 3.35. The zero-order chi connectivity index (χ0) is 14.0. The lowest BCUT2D eigenvalue weighted by Crippen LogP contribution is -2.08. The summed E-state index contributed by atoms with van der Waals surface area (Å²) in [5, 5.41) is 2.77. The quantitative estimate of drug-likeness (QED) is 0.858. The van der Waals surface area contributed by atoms with Crippen molar-refractivity contribution in [2.75, 3.05) is 5.32 Å². The molecule has 3 nitrogen and oxygen atoms in total. The van der Waals surface area contributed by atoms with Crippen molar-refractivity contribution < 1.29 is 13.2 Å². The molecule has 0 amide bonds. The van der Waals surface area contributed by atoms with E-state index in [4.69, 9.17) is 0 Å². The average molecular weight is 269 g/mol. The molecule has 0 saturated heterocycles. The standard InChI is InChI=1S/C13H14F3N3/c1-8(2)7-19-4-3-17-13(19)18-9-5-10(14)12(16)11(15)6-9/h3-6,8H,7H2,1-2H3,(H,17,18). The molecular formula is C13H14F3N3. The fourth-order valence-electron chi connectivity index (χ4n) is 1.73. The Morgan fingerprint density at radius 1 is 1.21 bits per heavy atom. The predicted molar refractivity (Wildman–Crippen MR) is 66.7 cm³/mol. The molecule has 0 aliphatic rings. The third-order valence-electron chi connectivity index (χ3n) is 2.52. The van der Waals surface area contributed by atoms with E-state index in [9.17, 15) is 13.2 Å². The molecule has 6 heteroatoms. The van der Waals surface area contributed by atoms with Crippen LogP contribution in [-0.4, -0.2) is 9.55 Å². The molecule has 0 radical (unpaired) electrons. The van der Waals surface area contributed by atoms with Crippen LogP contribution in [0.4, 0.5) is 24.8 Å². The summed E-state index contributed by atoms with van der Waals surface area (Å²) in [5.74, 6) is -3.08. The Balaban J connectivity index is 2.24. The largest absolute Gasteiger partial charge is 0.325 e. The van der Waals surface area contributed by atoms with Crippen molar-refractivity contribution in [3.8, 4) is 0 Å². The molecule has 2 rings (SSSR count). The maximum absolute atomic E-state index is 13.1. The van der Waals surface area contributed by atoms with Crippen LogP contribution >= 0.6 is 0 Å². The van der Waals surface area contributed by atoms with Gasteiger partial charge in [-0.25, -0.2) is 18.2 Å². The van der Waals surface area contributed by atoms with Crippen LogP contribution in [0.2, 0.25) is 0 Å². The molecule has 102 valence electrons. The highest BCUT2D eigenvalue weighted by Crippen LogP contribution is 2.21. The molecule has 1 N–H and O–H groups in total. The van der Waals surface area contributed by atoms with Crippen LogP contribution in [0.15, 0.2) is 24.5 Å². The molecule has 0 spiro atoms. The van der Waals surface area contributed by atoms with Gasteiger partial charge in [0.25, 0.3) is 0 Å². The van der Waals surface area contributed by atoms with Crippen molar-refractivity contribution in [3.05, 3.63) is 42.0 Å². The smallest absolute Gasteiger partial charge is 0.207 e. The van der Waals surface area contributed by atoms with Crippen LogP contribution in [0.3, 0.4) is 0 Å². The first-order valence-electron chi connectivity index (χ1n) is 5.90. The lowest BCUT2D eigenvalue weighted by molar-refractivity contribution is 0.448. The molecular weight excluding hydrogens is 255 g/mol. The van der Waals surface area contributed by atoms with Crippen LogP contribution in [0.5, 0.6) is 0 Å². The fraction of sp³-hybridized carbons (Fsp3) is 0.308. The van der Waals surface area contributed by atoms with E-state index in [1.807, 2.05) is 18.4 Å². The predicted octanol–water partition coefficient (Wildman–Crippen LogP) is 3.70. The number of halogens is 3. The Morgan fingerprint density at radius 3 is 2.42 bits per heavy atom. The maximum atomic E-state index is 13.1. The summed E-state index contributed by atoms with van der Waals surface area (Å²) >= 11 is 0. The third-order valence-corrected chi connectivity index (χ3v) is 2.52. The van der Waals surface area contributed by atoms with Crippen LogP contribution < -0.4 is 5.32 Å². The van der Waals surface area contributed by atoms with E-state index in [0.29, 0.717) is 18.4 Å². The molecule has 0 saturated carbocycles. The molecule has 1 aromatic heterocycles. The summed E-state index contributed by atoms with van der Waals surface area (Å²) in [4.78, 5) is 4.06. The fourth-order valence-corrected chi connectivity index (χ4v) is 1.73. The van der Waals surface area contributed by atoms with E-state index >= 15 is 0 Å². The Morgan fingerprint density at radius 2 is 1.84 bits per heavy atom. The van der Waals surface area contributed by atoms with Gasteiger partial charge in [-0.3, -0.25) is 0 Å². The Bertz CT molecular complexity index is 555. The van der Waals surface area contributed by atoms with Gasteiger partial charge in [0.1, 0.15) is 0 Å². The molecule has 19 heavy (non-hydrogen) atoms. The highest BCUT2D eigenvalue weighted by Gasteiger charge is 2.12. The molecule has 0 fully saturated rings. The number of hydrogen-bond donors (Lipinski definition) is 1. The minimum atomic E-state index is -1.48. The van der Waals surface area contributed by atoms with E-state index in [2.05, 4.69) is 10.3 Å². The van der Waals surface area contributed by atoms with Gasteiger partial charge in [0.15, 0.2) is 17.5 Å². The molecule has 0 aliphatic heterocycles. The number of benzene rings is 1. The molecule has 0 aliphatic carbocycles. The van der Waals surface area contributed by atoms with Crippen LogP contribution in [0, 0.1) is 23.4 Å². The monoisotopic (exact) mass is 269 g/mol. The van der Waals surface area contributed by atoms with E-state index < -0.39 is 17.5 Å². The highest BCUT2D eigenvalue weighted by molar-refractivity contribution is 5.53. The van der Waals surface area contributed by atoms with Crippen molar-refractivity contribution in [3.63, 3.8) is 0 Å². The van der Waals surface area contributed by atoms with Gasteiger partial charge in [-0.15, -0.1) is 0 Å². The summed E-state index contributed by atoms with van der Waals surface area (Å²) in [7, 11) is 0. The summed E-state index contributed by atoms with van der Waals surface area (Å²) in [6, 6.07) is 1.79. The van der Waals surface area contributed by atoms with Crippen molar-refractivity contribution >= 4 is 11.6 Å². The van der Waals surface area contributed by atoms with Crippen LogP contribution in [0.25, 0.3) is 0 Å². The van der Waals surface area contributed by atoms with E-state index in [0.717, 1.165) is 12.1 Å². The van der Waals surface area contributed by atoms with Gasteiger partial charge in [0.2, 0.25) is 5.95 Å². The maximum Gasteiger partial charge on any atom is 0.207 e. The molecule has 0 atom stereocenters. The number of rotatable bonds is 4. The Hall–Kier alpha value is -1.98. The number of anilines is 2. The van der Waals surface area contributed by atoms with Crippen molar-refractivity contribution in [2.45, 2.75) is 20.4 Å². The van der Waals surface area contributed by atoms with E-state index in [1.54, 1.807) is 12.4 Å². The molecule has 1 heterocycles. The minimum absolute atomic E-state index is 0.118. The summed E-state index contributed by atoms with van der Waals surface area (Å²) in [6.45, 7) is 4.80. The van der Waals surface area contributed by atoms with Gasteiger partial charge in [0.05, 0.1) is 0 Å². The normalized spacial score (nSPS) is 11.1. The average Bonchev–Trinajstić information content (AvgIpc) is 2.72. The first kappa shape index (κ1) is 13.5. The SMILES string of the molecule is CC(C)Cn1ccnc1Nc1cc(F)c(F)c(F)c1. The molecule has 0 unspecified atom stereocenters. The van der Waals surface area contributed by atoms with E-state index in [1.165, 1.54) is 0 Å². The van der Waals surface area contributed by atoms with Crippen molar-refractivity contribution in [1.82, 2.24) is 9.55 Å². The third kappa shape index (κ3) is 3.07. The Labute approximate surface area is 109 Å². The van der Waals surface area contributed by atoms with Gasteiger partial charge in [-0.2, -0.15) is 0 Å². The number of nitrogens with one attached hydrogen (secondary N) is 1. The summed E-state index contributed by atoms with van der Waals surface area (Å²) < 4.78 is 40.9. The zero-order valence-electron chi connectivity index (χ0n) is 10.6. The van der Waals surface area contributed by atoms with Crippen molar-refractivity contribution in [1.29, 1.82) is 0 Å².